The Morgan fingerprint density at radius 3 is 2.17 bits per heavy atom. The van der Waals surface area contributed by atoms with Crippen molar-refractivity contribution in [1.29, 1.82) is 0 Å². The predicted octanol–water partition coefficient (Wildman–Crippen LogP) is 4.62. The topological polar surface area (TPSA) is 90.7 Å². The van der Waals surface area contributed by atoms with Crippen molar-refractivity contribution in [3.8, 4) is 11.5 Å². The number of amides is 1. The molecule has 0 aliphatic rings. The first kappa shape index (κ1) is 20.9. The second kappa shape index (κ2) is 10.6. The van der Waals surface area contributed by atoms with E-state index in [2.05, 4.69) is 17.4 Å². The van der Waals surface area contributed by atoms with Gasteiger partial charge in [0.1, 0.15) is 11.5 Å². The lowest BCUT2D eigenvalue weighted by Gasteiger charge is -2.09. The monoisotopic (exact) mass is 406 g/mol. The minimum Gasteiger partial charge on any atom is -0.494 e. The van der Waals surface area contributed by atoms with Gasteiger partial charge in [-0.2, -0.15) is 0 Å². The summed E-state index contributed by atoms with van der Waals surface area (Å²) in [5.74, 6) is 0.795. The Labute approximate surface area is 174 Å². The Balaban J connectivity index is 1.38. The lowest BCUT2D eigenvalue weighted by atomic mass is 10.1. The number of anilines is 1. The molecule has 3 aromatic carbocycles. The van der Waals surface area contributed by atoms with E-state index in [4.69, 9.17) is 9.47 Å². The Morgan fingerprint density at radius 2 is 1.50 bits per heavy atom. The lowest BCUT2D eigenvalue weighted by molar-refractivity contribution is -0.384. The summed E-state index contributed by atoms with van der Waals surface area (Å²) in [4.78, 5) is 22.2. The summed E-state index contributed by atoms with van der Waals surface area (Å²) >= 11 is 0. The molecule has 0 unspecified atom stereocenters. The van der Waals surface area contributed by atoms with E-state index in [1.165, 1.54) is 29.8 Å². The number of benzene rings is 3. The van der Waals surface area contributed by atoms with Crippen molar-refractivity contribution in [2.45, 2.75) is 12.8 Å². The summed E-state index contributed by atoms with van der Waals surface area (Å²) in [6, 6.07) is 22.9. The molecule has 1 amide bonds. The molecule has 0 heterocycles. The molecule has 1 N–H and O–H groups in total. The van der Waals surface area contributed by atoms with Crippen LogP contribution in [-0.4, -0.2) is 24.0 Å². The van der Waals surface area contributed by atoms with Crippen molar-refractivity contribution in [1.82, 2.24) is 0 Å². The molecule has 0 bridgehead atoms. The average molecular weight is 406 g/mol. The molecule has 3 aromatic rings. The number of ether oxygens (including phenoxy) is 2. The van der Waals surface area contributed by atoms with E-state index in [9.17, 15) is 14.9 Å². The molecule has 3 rings (SSSR count). The summed E-state index contributed by atoms with van der Waals surface area (Å²) in [6.45, 7) is 0.416. The molecule has 0 spiro atoms. The SMILES string of the molecule is O=C(COc1ccc([N+](=O)[O-])cc1)Nc1ccc(OCCCc2ccccc2)cc1. The number of nitro benzene ring substituents is 1. The van der Waals surface area contributed by atoms with Gasteiger partial charge >= 0.3 is 0 Å². The van der Waals surface area contributed by atoms with Crippen molar-refractivity contribution in [3.05, 3.63) is 94.5 Å². The number of nitrogens with one attached hydrogen (secondary N) is 1. The molecule has 0 fully saturated rings. The van der Waals surface area contributed by atoms with E-state index in [1.54, 1.807) is 24.3 Å². The predicted molar refractivity (Wildman–Crippen MR) is 114 cm³/mol. The maximum Gasteiger partial charge on any atom is 0.269 e. The zero-order valence-corrected chi connectivity index (χ0v) is 16.3. The zero-order chi connectivity index (χ0) is 21.2. The van der Waals surface area contributed by atoms with Crippen LogP contribution in [0, 0.1) is 10.1 Å². The second-order valence-electron chi connectivity index (χ2n) is 6.55. The van der Waals surface area contributed by atoms with Crippen molar-refractivity contribution in [2.24, 2.45) is 0 Å². The second-order valence-corrected chi connectivity index (χ2v) is 6.55. The third kappa shape index (κ3) is 6.63. The molecule has 0 atom stereocenters. The van der Waals surface area contributed by atoms with Crippen LogP contribution in [0.4, 0.5) is 11.4 Å². The van der Waals surface area contributed by atoms with Gasteiger partial charge in [0, 0.05) is 17.8 Å². The first-order chi connectivity index (χ1) is 14.6. The summed E-state index contributed by atoms with van der Waals surface area (Å²) in [7, 11) is 0. The van der Waals surface area contributed by atoms with Crippen LogP contribution in [0.3, 0.4) is 0 Å². The van der Waals surface area contributed by atoms with Gasteiger partial charge in [0.2, 0.25) is 0 Å². The van der Waals surface area contributed by atoms with Crippen LogP contribution in [0.5, 0.6) is 11.5 Å². The third-order valence-electron chi connectivity index (χ3n) is 4.28. The summed E-state index contributed by atoms with van der Waals surface area (Å²) in [5, 5.41) is 13.4. The normalized spacial score (nSPS) is 10.3. The van der Waals surface area contributed by atoms with Crippen LogP contribution in [-0.2, 0) is 11.2 Å². The standard InChI is InChI=1S/C23H22N2O5/c26-23(17-30-22-14-10-20(11-15-22)25(27)28)24-19-8-12-21(13-9-19)29-16-4-7-18-5-2-1-3-6-18/h1-3,5-6,8-15H,4,7,16-17H2,(H,24,26). The maximum absolute atomic E-state index is 12.0. The molecule has 7 nitrogen and oxygen atoms in total. The average Bonchev–Trinajstić information content (AvgIpc) is 2.77. The van der Waals surface area contributed by atoms with Gasteiger partial charge in [0.25, 0.3) is 11.6 Å². The first-order valence-corrected chi connectivity index (χ1v) is 9.54. The zero-order valence-electron chi connectivity index (χ0n) is 16.3. The lowest BCUT2D eigenvalue weighted by Crippen LogP contribution is -2.20. The largest absolute Gasteiger partial charge is 0.494 e. The molecular formula is C23H22N2O5. The Hall–Kier alpha value is -3.87. The fourth-order valence-electron chi connectivity index (χ4n) is 2.76. The van der Waals surface area contributed by atoms with Crippen LogP contribution < -0.4 is 14.8 Å². The van der Waals surface area contributed by atoms with Gasteiger partial charge in [0.05, 0.1) is 11.5 Å². The van der Waals surface area contributed by atoms with Gasteiger partial charge in [-0.1, -0.05) is 30.3 Å². The number of nitrogens with zero attached hydrogens (tertiary/aromatic N) is 1. The summed E-state index contributed by atoms with van der Waals surface area (Å²) in [5.41, 5.74) is 1.88. The molecular weight excluding hydrogens is 384 g/mol. The number of hydrogen-bond acceptors (Lipinski definition) is 5. The van der Waals surface area contributed by atoms with Gasteiger partial charge in [-0.15, -0.1) is 0 Å². The van der Waals surface area contributed by atoms with Crippen LogP contribution in [0.15, 0.2) is 78.9 Å². The van der Waals surface area contributed by atoms with Gasteiger partial charge in [-0.05, 0) is 54.8 Å². The fourth-order valence-corrected chi connectivity index (χ4v) is 2.76. The van der Waals surface area contributed by atoms with E-state index in [-0.39, 0.29) is 18.2 Å². The molecule has 0 radical (unpaired) electrons. The van der Waals surface area contributed by atoms with E-state index in [0.29, 0.717) is 18.0 Å². The molecule has 0 saturated heterocycles. The number of non-ortho nitro benzene ring substituents is 1. The molecule has 154 valence electrons. The van der Waals surface area contributed by atoms with Crippen molar-refractivity contribution in [2.75, 3.05) is 18.5 Å². The number of nitro groups is 1. The minimum absolute atomic E-state index is 0.0332. The van der Waals surface area contributed by atoms with Gasteiger partial charge in [0.15, 0.2) is 6.61 Å². The minimum atomic E-state index is -0.493. The van der Waals surface area contributed by atoms with Gasteiger partial charge < -0.3 is 14.8 Å². The number of carbonyl (C=O) groups excluding carboxylic acids is 1. The third-order valence-corrected chi connectivity index (χ3v) is 4.28. The highest BCUT2D eigenvalue weighted by atomic mass is 16.6. The number of aryl methyl sites for hydroxylation is 1. The number of rotatable bonds is 10. The molecule has 0 saturated carbocycles. The quantitative estimate of drug-likeness (QED) is 0.301. The van der Waals surface area contributed by atoms with E-state index < -0.39 is 4.92 Å². The van der Waals surface area contributed by atoms with Crippen LogP contribution in [0.1, 0.15) is 12.0 Å². The van der Waals surface area contributed by atoms with Crippen molar-refractivity contribution in [3.63, 3.8) is 0 Å². The smallest absolute Gasteiger partial charge is 0.269 e. The molecule has 30 heavy (non-hydrogen) atoms. The number of carbonyl (C=O) groups is 1. The van der Waals surface area contributed by atoms with E-state index >= 15 is 0 Å². The Kier molecular flexibility index (Phi) is 7.38. The highest BCUT2D eigenvalue weighted by molar-refractivity contribution is 5.91. The summed E-state index contributed by atoms with van der Waals surface area (Å²) < 4.78 is 11.1. The fraction of sp³-hybridized carbons (Fsp3) is 0.174. The van der Waals surface area contributed by atoms with Gasteiger partial charge in [-0.25, -0.2) is 0 Å². The highest BCUT2D eigenvalue weighted by Crippen LogP contribution is 2.18. The highest BCUT2D eigenvalue weighted by Gasteiger charge is 2.07. The first-order valence-electron chi connectivity index (χ1n) is 9.54. The molecule has 0 aromatic heterocycles. The Morgan fingerprint density at radius 1 is 0.867 bits per heavy atom. The van der Waals surface area contributed by atoms with E-state index in [1.807, 2.05) is 18.2 Å². The van der Waals surface area contributed by atoms with Crippen LogP contribution >= 0.6 is 0 Å². The summed E-state index contributed by atoms with van der Waals surface area (Å²) in [6.07, 6.45) is 1.88. The van der Waals surface area contributed by atoms with Gasteiger partial charge in [-0.3, -0.25) is 14.9 Å². The van der Waals surface area contributed by atoms with Crippen molar-refractivity contribution >= 4 is 17.3 Å². The maximum atomic E-state index is 12.0. The molecule has 7 heteroatoms. The van der Waals surface area contributed by atoms with E-state index in [0.717, 1.165) is 18.6 Å². The van der Waals surface area contributed by atoms with Crippen molar-refractivity contribution < 1.29 is 19.2 Å². The van der Waals surface area contributed by atoms with Crippen LogP contribution in [0.2, 0.25) is 0 Å². The molecule has 0 aliphatic heterocycles. The Bertz CT molecular complexity index is 957. The number of hydrogen-bond donors (Lipinski definition) is 1. The molecule has 0 aliphatic carbocycles. The van der Waals surface area contributed by atoms with Crippen LogP contribution in [0.25, 0.3) is 0 Å².